The van der Waals surface area contributed by atoms with Gasteiger partial charge in [-0.05, 0) is 23.9 Å². The van der Waals surface area contributed by atoms with Crippen LogP contribution in [0.3, 0.4) is 0 Å². The van der Waals surface area contributed by atoms with E-state index in [1.54, 1.807) is 7.11 Å². The van der Waals surface area contributed by atoms with Gasteiger partial charge in [-0.1, -0.05) is 30.3 Å². The van der Waals surface area contributed by atoms with Gasteiger partial charge in [-0.15, -0.1) is 0 Å². The van der Waals surface area contributed by atoms with E-state index in [4.69, 9.17) is 15.2 Å². The second-order valence-electron chi connectivity index (χ2n) is 4.30. The molecule has 0 spiro atoms. The number of hydrogen-bond donors (Lipinski definition) is 1. The molecule has 3 heteroatoms. The number of fused-ring (bicyclic) bond motifs is 1. The number of anilines is 1. The van der Waals surface area contributed by atoms with E-state index >= 15 is 0 Å². The lowest BCUT2D eigenvalue weighted by Gasteiger charge is -2.16. The van der Waals surface area contributed by atoms with Gasteiger partial charge in [0.15, 0.2) is 0 Å². The van der Waals surface area contributed by atoms with Gasteiger partial charge < -0.3 is 15.2 Å². The van der Waals surface area contributed by atoms with E-state index in [9.17, 15) is 0 Å². The number of rotatable bonds is 5. The van der Waals surface area contributed by atoms with Gasteiger partial charge >= 0.3 is 0 Å². The van der Waals surface area contributed by atoms with E-state index in [-0.39, 0.29) is 6.10 Å². The summed E-state index contributed by atoms with van der Waals surface area (Å²) in [6, 6.07) is 12.1. The summed E-state index contributed by atoms with van der Waals surface area (Å²) in [6.07, 6.45) is 0.0330. The molecule has 2 N–H and O–H groups in total. The minimum absolute atomic E-state index is 0.0330. The van der Waals surface area contributed by atoms with Crippen molar-refractivity contribution in [3.63, 3.8) is 0 Å². The highest BCUT2D eigenvalue weighted by molar-refractivity contribution is 5.95. The molecule has 0 fully saturated rings. The Labute approximate surface area is 108 Å². The molecule has 0 unspecified atom stereocenters. The molecule has 0 amide bonds. The first-order valence-corrected chi connectivity index (χ1v) is 6.11. The number of methoxy groups -OCH3 is 1. The molecule has 2 aromatic carbocycles. The summed E-state index contributed by atoms with van der Waals surface area (Å²) in [5.74, 6) is 0. The number of ether oxygens (including phenoxy) is 2. The van der Waals surface area contributed by atoms with Crippen LogP contribution >= 0.6 is 0 Å². The van der Waals surface area contributed by atoms with E-state index in [1.807, 2.05) is 37.3 Å². The Bertz CT molecular complexity index is 525. The number of nitrogen functional groups attached to an aromatic ring is 1. The van der Waals surface area contributed by atoms with Crippen molar-refractivity contribution in [3.8, 4) is 0 Å². The Hall–Kier alpha value is -1.58. The molecule has 18 heavy (non-hydrogen) atoms. The molecule has 3 nitrogen and oxygen atoms in total. The third-order valence-electron chi connectivity index (χ3n) is 3.08. The Morgan fingerprint density at radius 2 is 1.78 bits per heavy atom. The molecule has 1 atom stereocenters. The number of benzene rings is 2. The van der Waals surface area contributed by atoms with Gasteiger partial charge in [0, 0.05) is 18.2 Å². The third-order valence-corrected chi connectivity index (χ3v) is 3.08. The molecule has 0 aliphatic heterocycles. The predicted molar refractivity (Wildman–Crippen MR) is 74.6 cm³/mol. The highest BCUT2D eigenvalue weighted by atomic mass is 16.5. The van der Waals surface area contributed by atoms with E-state index in [0.29, 0.717) is 13.2 Å². The number of nitrogens with two attached hydrogens (primary N) is 1. The smallest absolute Gasteiger partial charge is 0.0804 e. The minimum Gasteiger partial charge on any atom is -0.398 e. The summed E-state index contributed by atoms with van der Waals surface area (Å²) >= 11 is 0. The van der Waals surface area contributed by atoms with E-state index in [1.165, 1.54) is 0 Å². The van der Waals surface area contributed by atoms with Crippen molar-refractivity contribution in [2.75, 3.05) is 26.1 Å². The molecule has 96 valence electrons. The lowest BCUT2D eigenvalue weighted by Crippen LogP contribution is -2.06. The van der Waals surface area contributed by atoms with Gasteiger partial charge in [-0.2, -0.15) is 0 Å². The Morgan fingerprint density at radius 1 is 1.06 bits per heavy atom. The third kappa shape index (κ3) is 2.63. The van der Waals surface area contributed by atoms with Crippen LogP contribution in [0, 0.1) is 0 Å². The summed E-state index contributed by atoms with van der Waals surface area (Å²) < 4.78 is 10.7. The van der Waals surface area contributed by atoms with Crippen LogP contribution in [0.5, 0.6) is 0 Å². The van der Waals surface area contributed by atoms with Crippen LogP contribution in [0.2, 0.25) is 0 Å². The van der Waals surface area contributed by atoms with Crippen molar-refractivity contribution in [1.29, 1.82) is 0 Å². The standard InChI is InChI=1S/C15H19NO2/c1-11(18-10-9-17-2)12-7-8-15(16)14-6-4-3-5-13(12)14/h3-8,11H,9-10,16H2,1-2H3/t11-/m0/s1. The normalized spacial score (nSPS) is 12.8. The molecule has 2 rings (SSSR count). The fraction of sp³-hybridized carbons (Fsp3) is 0.333. The van der Waals surface area contributed by atoms with Gasteiger partial charge in [0.05, 0.1) is 19.3 Å². The molecular weight excluding hydrogens is 226 g/mol. The monoisotopic (exact) mass is 245 g/mol. The van der Waals surface area contributed by atoms with Crippen molar-refractivity contribution < 1.29 is 9.47 Å². The molecule has 0 saturated carbocycles. The first-order chi connectivity index (χ1) is 8.74. The Morgan fingerprint density at radius 3 is 2.50 bits per heavy atom. The maximum Gasteiger partial charge on any atom is 0.0804 e. The van der Waals surface area contributed by atoms with Crippen LogP contribution in [0.25, 0.3) is 10.8 Å². The predicted octanol–water partition coefficient (Wildman–Crippen LogP) is 3.15. The molecule has 0 aliphatic carbocycles. The molecular formula is C15H19NO2. The second kappa shape index (κ2) is 5.85. The summed E-state index contributed by atoms with van der Waals surface area (Å²) in [5, 5.41) is 2.24. The first-order valence-electron chi connectivity index (χ1n) is 6.11. The average molecular weight is 245 g/mol. The number of hydrogen-bond acceptors (Lipinski definition) is 3. The Kier molecular flexibility index (Phi) is 4.18. The fourth-order valence-electron chi connectivity index (χ4n) is 2.10. The maximum absolute atomic E-state index is 5.99. The van der Waals surface area contributed by atoms with Gasteiger partial charge in [-0.3, -0.25) is 0 Å². The molecule has 2 aromatic rings. The fourth-order valence-corrected chi connectivity index (χ4v) is 2.10. The molecule has 0 heterocycles. The van der Waals surface area contributed by atoms with Gasteiger partial charge in [0.2, 0.25) is 0 Å². The molecule has 0 radical (unpaired) electrons. The quantitative estimate of drug-likeness (QED) is 0.650. The van der Waals surface area contributed by atoms with Crippen LogP contribution in [-0.2, 0) is 9.47 Å². The van der Waals surface area contributed by atoms with Gasteiger partial charge in [0.1, 0.15) is 0 Å². The van der Waals surface area contributed by atoms with Crippen molar-refractivity contribution in [2.24, 2.45) is 0 Å². The van der Waals surface area contributed by atoms with Gasteiger partial charge in [0.25, 0.3) is 0 Å². The maximum atomic E-state index is 5.99. The summed E-state index contributed by atoms with van der Waals surface area (Å²) in [7, 11) is 1.67. The van der Waals surface area contributed by atoms with Crippen molar-refractivity contribution in [1.82, 2.24) is 0 Å². The van der Waals surface area contributed by atoms with Crippen LogP contribution in [-0.4, -0.2) is 20.3 Å². The van der Waals surface area contributed by atoms with Crippen LogP contribution in [0.15, 0.2) is 36.4 Å². The molecule has 0 aromatic heterocycles. The summed E-state index contributed by atoms with van der Waals surface area (Å²) in [6.45, 7) is 3.25. The summed E-state index contributed by atoms with van der Waals surface area (Å²) in [4.78, 5) is 0. The van der Waals surface area contributed by atoms with Crippen molar-refractivity contribution in [3.05, 3.63) is 42.0 Å². The summed E-state index contributed by atoms with van der Waals surface area (Å²) in [5.41, 5.74) is 7.95. The highest BCUT2D eigenvalue weighted by Gasteiger charge is 2.10. The van der Waals surface area contributed by atoms with Gasteiger partial charge in [-0.25, -0.2) is 0 Å². The topological polar surface area (TPSA) is 44.5 Å². The molecule has 0 aliphatic rings. The van der Waals surface area contributed by atoms with E-state index in [0.717, 1.165) is 22.0 Å². The van der Waals surface area contributed by atoms with Crippen LogP contribution < -0.4 is 5.73 Å². The van der Waals surface area contributed by atoms with E-state index in [2.05, 4.69) is 6.07 Å². The van der Waals surface area contributed by atoms with Crippen molar-refractivity contribution in [2.45, 2.75) is 13.0 Å². The average Bonchev–Trinajstić information content (AvgIpc) is 2.39. The lowest BCUT2D eigenvalue weighted by molar-refractivity contribution is 0.0262. The zero-order valence-corrected chi connectivity index (χ0v) is 10.8. The SMILES string of the molecule is COCCO[C@@H](C)c1ccc(N)c2ccccc12. The van der Waals surface area contributed by atoms with Crippen molar-refractivity contribution >= 4 is 16.5 Å². The Balaban J connectivity index is 2.30. The molecule has 0 bridgehead atoms. The van der Waals surface area contributed by atoms with Crippen LogP contribution in [0.1, 0.15) is 18.6 Å². The molecule has 0 saturated heterocycles. The zero-order valence-electron chi connectivity index (χ0n) is 10.8. The second-order valence-corrected chi connectivity index (χ2v) is 4.30. The zero-order chi connectivity index (χ0) is 13.0. The van der Waals surface area contributed by atoms with E-state index < -0.39 is 0 Å². The van der Waals surface area contributed by atoms with Crippen LogP contribution in [0.4, 0.5) is 5.69 Å². The lowest BCUT2D eigenvalue weighted by atomic mass is 10.00. The first kappa shape index (κ1) is 12.9. The highest BCUT2D eigenvalue weighted by Crippen LogP contribution is 2.29. The largest absolute Gasteiger partial charge is 0.398 e. The minimum atomic E-state index is 0.0330.